The average Bonchev–Trinajstić information content (AvgIpc) is 3.09. The van der Waals surface area contributed by atoms with Gasteiger partial charge < -0.3 is 0 Å². The van der Waals surface area contributed by atoms with Crippen molar-refractivity contribution in [2.45, 2.75) is 37.1 Å². The van der Waals surface area contributed by atoms with Crippen LogP contribution in [0.5, 0.6) is 0 Å². The van der Waals surface area contributed by atoms with Gasteiger partial charge in [-0.3, -0.25) is 10.1 Å². The molecule has 2 aromatic carbocycles. The fraction of sp³-hybridized carbons (Fsp3) is 0.300. The molecule has 1 N–H and O–H groups in total. The molecule has 0 saturated carbocycles. The number of nitrogens with zero attached hydrogens (tertiary/aromatic N) is 2. The lowest BCUT2D eigenvalue weighted by Gasteiger charge is -2.32. The van der Waals surface area contributed by atoms with Gasteiger partial charge in [0.25, 0.3) is 5.91 Å². The second-order valence-electron chi connectivity index (χ2n) is 7.07. The van der Waals surface area contributed by atoms with E-state index in [1.165, 1.54) is 35.6 Å². The standard InChI is InChI=1S/C20H20ClN3O3S2/c1-13-4-2-3-11-24(13)29(26,27)16-8-5-14(6-9-16)19(25)23-20-22-17-10-7-15(21)12-18(17)28-20/h5-10,12-13H,2-4,11H2,1H3,(H,22,23,25). The molecule has 6 nitrogen and oxygen atoms in total. The summed E-state index contributed by atoms with van der Waals surface area (Å²) in [6.45, 7) is 2.47. The summed E-state index contributed by atoms with van der Waals surface area (Å²) in [6, 6.07) is 11.4. The normalized spacial score (nSPS) is 18.1. The second-order valence-corrected chi connectivity index (χ2v) is 10.4. The van der Waals surface area contributed by atoms with Crippen molar-refractivity contribution in [1.82, 2.24) is 9.29 Å². The lowest BCUT2D eigenvalue weighted by molar-refractivity contribution is 0.102. The van der Waals surface area contributed by atoms with Crippen LogP contribution in [0, 0.1) is 0 Å². The molecule has 4 rings (SSSR count). The molecule has 0 aliphatic carbocycles. The number of anilines is 1. The van der Waals surface area contributed by atoms with Crippen LogP contribution >= 0.6 is 22.9 Å². The number of nitrogens with one attached hydrogen (secondary N) is 1. The number of sulfonamides is 1. The minimum Gasteiger partial charge on any atom is -0.298 e. The lowest BCUT2D eigenvalue weighted by Crippen LogP contribution is -2.41. The molecular weight excluding hydrogens is 430 g/mol. The number of benzene rings is 2. The highest BCUT2D eigenvalue weighted by molar-refractivity contribution is 7.89. The zero-order chi connectivity index (χ0) is 20.6. The Balaban J connectivity index is 1.51. The molecule has 1 saturated heterocycles. The zero-order valence-corrected chi connectivity index (χ0v) is 18.1. The Bertz CT molecular complexity index is 1160. The number of thiazole rings is 1. The van der Waals surface area contributed by atoms with Crippen LogP contribution in [0.2, 0.25) is 5.02 Å². The van der Waals surface area contributed by atoms with Gasteiger partial charge in [0.05, 0.1) is 15.1 Å². The number of piperidine rings is 1. The summed E-state index contributed by atoms with van der Waals surface area (Å²) in [6.07, 6.45) is 2.79. The minimum atomic E-state index is -3.56. The van der Waals surface area contributed by atoms with E-state index in [4.69, 9.17) is 11.6 Å². The molecule has 1 atom stereocenters. The highest BCUT2D eigenvalue weighted by Crippen LogP contribution is 2.29. The first-order valence-corrected chi connectivity index (χ1v) is 12.0. The number of amides is 1. The Morgan fingerprint density at radius 2 is 1.97 bits per heavy atom. The van der Waals surface area contributed by atoms with Gasteiger partial charge in [-0.2, -0.15) is 4.31 Å². The van der Waals surface area contributed by atoms with E-state index in [0.717, 1.165) is 29.5 Å². The van der Waals surface area contributed by atoms with Gasteiger partial charge in [-0.25, -0.2) is 13.4 Å². The van der Waals surface area contributed by atoms with Crippen molar-refractivity contribution in [3.8, 4) is 0 Å². The van der Waals surface area contributed by atoms with Crippen LogP contribution in [-0.2, 0) is 10.0 Å². The molecule has 152 valence electrons. The maximum Gasteiger partial charge on any atom is 0.257 e. The predicted octanol–water partition coefficient (Wildman–Crippen LogP) is 4.77. The monoisotopic (exact) mass is 449 g/mol. The summed E-state index contributed by atoms with van der Waals surface area (Å²) in [4.78, 5) is 17.1. The van der Waals surface area contributed by atoms with E-state index in [9.17, 15) is 13.2 Å². The first kappa shape index (κ1) is 20.3. The van der Waals surface area contributed by atoms with Crippen LogP contribution in [0.1, 0.15) is 36.5 Å². The molecule has 0 bridgehead atoms. The molecule has 29 heavy (non-hydrogen) atoms. The molecule has 2 heterocycles. The third kappa shape index (κ3) is 4.16. The second kappa shape index (κ2) is 8.02. The molecule has 0 radical (unpaired) electrons. The Morgan fingerprint density at radius 1 is 1.21 bits per heavy atom. The Labute approximate surface area is 178 Å². The summed E-state index contributed by atoms with van der Waals surface area (Å²) in [5.74, 6) is -0.342. The van der Waals surface area contributed by atoms with Gasteiger partial charge in [0.1, 0.15) is 0 Å². The predicted molar refractivity (Wildman–Crippen MR) is 116 cm³/mol. The van der Waals surface area contributed by atoms with Crippen molar-refractivity contribution in [2.75, 3.05) is 11.9 Å². The van der Waals surface area contributed by atoms with Crippen LogP contribution in [0.25, 0.3) is 10.2 Å². The summed E-state index contributed by atoms with van der Waals surface area (Å²) < 4.78 is 28.2. The number of rotatable bonds is 4. The molecular formula is C20H20ClN3O3S2. The number of carbonyl (C=O) groups excluding carboxylic acids is 1. The first-order chi connectivity index (χ1) is 13.8. The van der Waals surface area contributed by atoms with Crippen molar-refractivity contribution in [3.63, 3.8) is 0 Å². The van der Waals surface area contributed by atoms with Gasteiger partial charge in [0.2, 0.25) is 10.0 Å². The summed E-state index contributed by atoms with van der Waals surface area (Å²) >= 11 is 7.32. The van der Waals surface area contributed by atoms with E-state index in [-0.39, 0.29) is 16.8 Å². The quantitative estimate of drug-likeness (QED) is 0.622. The highest BCUT2D eigenvalue weighted by atomic mass is 35.5. The molecule has 1 aliphatic rings. The van der Waals surface area contributed by atoms with E-state index in [1.807, 2.05) is 6.92 Å². The van der Waals surface area contributed by atoms with Crippen LogP contribution in [0.15, 0.2) is 47.4 Å². The molecule has 1 aromatic heterocycles. The maximum atomic E-state index is 12.9. The SMILES string of the molecule is CC1CCCCN1S(=O)(=O)c1ccc(C(=O)Nc2nc3ccc(Cl)cc3s2)cc1. The van der Waals surface area contributed by atoms with Crippen molar-refractivity contribution in [3.05, 3.63) is 53.1 Å². The first-order valence-electron chi connectivity index (χ1n) is 9.34. The van der Waals surface area contributed by atoms with Gasteiger partial charge in [-0.15, -0.1) is 0 Å². The molecule has 1 unspecified atom stereocenters. The third-order valence-corrected chi connectivity index (χ3v) is 8.23. The molecule has 1 aliphatic heterocycles. The largest absolute Gasteiger partial charge is 0.298 e. The summed E-state index contributed by atoms with van der Waals surface area (Å²) in [7, 11) is -3.56. The van der Waals surface area contributed by atoms with Crippen molar-refractivity contribution in [2.24, 2.45) is 0 Å². The van der Waals surface area contributed by atoms with Crippen molar-refractivity contribution in [1.29, 1.82) is 0 Å². The van der Waals surface area contributed by atoms with Crippen molar-refractivity contribution >= 4 is 54.2 Å². The van der Waals surface area contributed by atoms with E-state index in [2.05, 4.69) is 10.3 Å². The number of fused-ring (bicyclic) bond motifs is 1. The average molecular weight is 450 g/mol. The minimum absolute atomic E-state index is 0.00994. The molecule has 9 heteroatoms. The topological polar surface area (TPSA) is 79.4 Å². The summed E-state index contributed by atoms with van der Waals surface area (Å²) in [5.41, 5.74) is 1.12. The van der Waals surface area contributed by atoms with Crippen molar-refractivity contribution < 1.29 is 13.2 Å². The smallest absolute Gasteiger partial charge is 0.257 e. The van der Waals surface area contributed by atoms with Gasteiger partial charge >= 0.3 is 0 Å². The fourth-order valence-corrected chi connectivity index (χ4v) is 6.30. The Morgan fingerprint density at radius 3 is 2.69 bits per heavy atom. The Kier molecular flexibility index (Phi) is 5.61. The molecule has 1 fully saturated rings. The molecule has 1 amide bonds. The molecule has 3 aromatic rings. The summed E-state index contributed by atoms with van der Waals surface area (Å²) in [5, 5.41) is 3.84. The number of aromatic nitrogens is 1. The fourth-order valence-electron chi connectivity index (χ4n) is 3.46. The van der Waals surface area contributed by atoms with Crippen LogP contribution in [-0.4, -0.2) is 36.2 Å². The van der Waals surface area contributed by atoms with E-state index in [1.54, 1.807) is 22.5 Å². The number of carbonyl (C=O) groups is 1. The van der Waals surface area contributed by atoms with Gasteiger partial charge in [0, 0.05) is 23.2 Å². The van der Waals surface area contributed by atoms with E-state index >= 15 is 0 Å². The Hall–Kier alpha value is -2.00. The van der Waals surface area contributed by atoms with Gasteiger partial charge in [0.15, 0.2) is 5.13 Å². The van der Waals surface area contributed by atoms with Gasteiger partial charge in [-0.1, -0.05) is 29.4 Å². The third-order valence-electron chi connectivity index (χ3n) is 5.04. The highest BCUT2D eigenvalue weighted by Gasteiger charge is 2.30. The van der Waals surface area contributed by atoms with E-state index in [0.29, 0.717) is 22.3 Å². The van der Waals surface area contributed by atoms with E-state index < -0.39 is 10.0 Å². The van der Waals surface area contributed by atoms with Gasteiger partial charge in [-0.05, 0) is 62.2 Å². The lowest BCUT2D eigenvalue weighted by atomic mass is 10.1. The number of hydrogen-bond donors (Lipinski definition) is 1. The molecule has 0 spiro atoms. The zero-order valence-electron chi connectivity index (χ0n) is 15.8. The van der Waals surface area contributed by atoms with Crippen LogP contribution < -0.4 is 5.32 Å². The van der Waals surface area contributed by atoms with Crippen LogP contribution in [0.4, 0.5) is 5.13 Å². The number of halogens is 1. The maximum absolute atomic E-state index is 12.9. The van der Waals surface area contributed by atoms with Crippen LogP contribution in [0.3, 0.4) is 0 Å². The number of hydrogen-bond acceptors (Lipinski definition) is 5.